The van der Waals surface area contributed by atoms with Crippen molar-refractivity contribution in [3.63, 3.8) is 0 Å². The summed E-state index contributed by atoms with van der Waals surface area (Å²) in [6.07, 6.45) is 1.49. The van der Waals surface area contributed by atoms with Gasteiger partial charge in [-0.1, -0.05) is 17.7 Å². The number of hydrogen-bond donors (Lipinski definition) is 4. The summed E-state index contributed by atoms with van der Waals surface area (Å²) in [4.78, 5) is 25.3. The van der Waals surface area contributed by atoms with Crippen molar-refractivity contribution in [3.8, 4) is 5.82 Å². The third-order valence-corrected chi connectivity index (χ3v) is 4.61. The van der Waals surface area contributed by atoms with Gasteiger partial charge in [0.05, 0.1) is 17.6 Å². The van der Waals surface area contributed by atoms with Gasteiger partial charge in [0.25, 0.3) is 5.56 Å². The fraction of sp³-hybridized carbons (Fsp3) is 0.118. The van der Waals surface area contributed by atoms with Gasteiger partial charge in [-0.05, 0) is 19.1 Å². The molecule has 0 saturated carbocycles. The Labute approximate surface area is 167 Å². The van der Waals surface area contributed by atoms with Crippen molar-refractivity contribution in [1.29, 1.82) is 0 Å². The Morgan fingerprint density at radius 1 is 1.24 bits per heavy atom. The Morgan fingerprint density at radius 2 is 2.03 bits per heavy atom. The minimum Gasteiger partial charge on any atom is -0.382 e. The SMILES string of the molecule is CC(Nc1nc(N)nc(N)c1Cl)c1nc2c(F)cccc2c(=O)n1-c1ccn[nH]1. The lowest BCUT2D eigenvalue weighted by molar-refractivity contribution is 0.631. The molecule has 0 bridgehead atoms. The average molecular weight is 416 g/mol. The van der Waals surface area contributed by atoms with Crippen molar-refractivity contribution in [1.82, 2.24) is 29.7 Å². The molecular formula is C17H15ClFN9O. The maximum absolute atomic E-state index is 14.4. The van der Waals surface area contributed by atoms with Crippen LogP contribution in [0.2, 0.25) is 5.02 Å². The minimum atomic E-state index is -0.652. The van der Waals surface area contributed by atoms with Gasteiger partial charge in [-0.25, -0.2) is 13.9 Å². The molecule has 0 aliphatic carbocycles. The average Bonchev–Trinajstić information content (AvgIpc) is 3.20. The summed E-state index contributed by atoms with van der Waals surface area (Å²) < 4.78 is 15.7. The number of para-hydroxylation sites is 1. The maximum Gasteiger partial charge on any atom is 0.267 e. The second kappa shape index (κ2) is 7.02. The molecule has 0 amide bonds. The van der Waals surface area contributed by atoms with Crippen molar-refractivity contribution in [2.75, 3.05) is 16.8 Å². The molecule has 148 valence electrons. The molecule has 4 aromatic rings. The monoisotopic (exact) mass is 415 g/mol. The number of benzene rings is 1. The number of anilines is 3. The zero-order valence-corrected chi connectivity index (χ0v) is 15.8. The number of nitrogens with zero attached hydrogens (tertiary/aromatic N) is 5. The molecule has 0 saturated heterocycles. The molecule has 1 unspecified atom stereocenters. The second-order valence-corrected chi connectivity index (χ2v) is 6.56. The first kappa shape index (κ1) is 18.6. The summed E-state index contributed by atoms with van der Waals surface area (Å²) in [5, 5.41) is 9.79. The van der Waals surface area contributed by atoms with Crippen LogP contribution in [0.5, 0.6) is 0 Å². The lowest BCUT2D eigenvalue weighted by Gasteiger charge is -2.20. The molecule has 10 nitrogen and oxygen atoms in total. The van der Waals surface area contributed by atoms with Crippen LogP contribution in [0, 0.1) is 5.82 Å². The fourth-order valence-corrected chi connectivity index (χ4v) is 3.07. The van der Waals surface area contributed by atoms with Gasteiger partial charge >= 0.3 is 0 Å². The number of nitrogens with one attached hydrogen (secondary N) is 2. The number of rotatable bonds is 4. The van der Waals surface area contributed by atoms with E-state index in [1.807, 2.05) is 0 Å². The largest absolute Gasteiger partial charge is 0.382 e. The molecular weight excluding hydrogens is 401 g/mol. The van der Waals surface area contributed by atoms with Crippen LogP contribution >= 0.6 is 11.6 Å². The maximum atomic E-state index is 14.4. The number of fused-ring (bicyclic) bond motifs is 1. The van der Waals surface area contributed by atoms with Crippen LogP contribution < -0.4 is 22.3 Å². The van der Waals surface area contributed by atoms with Gasteiger partial charge in [0.2, 0.25) is 5.95 Å². The Kier molecular flexibility index (Phi) is 4.51. The number of H-pyrrole nitrogens is 1. The Morgan fingerprint density at radius 3 is 2.76 bits per heavy atom. The Hall–Kier alpha value is -3.73. The van der Waals surface area contributed by atoms with Crippen LogP contribution in [0.15, 0.2) is 35.3 Å². The number of aromatic amines is 1. The van der Waals surface area contributed by atoms with Crippen LogP contribution in [0.3, 0.4) is 0 Å². The third kappa shape index (κ3) is 3.21. The van der Waals surface area contributed by atoms with E-state index in [4.69, 9.17) is 23.1 Å². The molecule has 6 N–H and O–H groups in total. The highest BCUT2D eigenvalue weighted by Crippen LogP contribution is 2.29. The van der Waals surface area contributed by atoms with Crippen LogP contribution in [0.4, 0.5) is 22.0 Å². The van der Waals surface area contributed by atoms with Crippen LogP contribution in [0.25, 0.3) is 16.7 Å². The predicted molar refractivity (Wildman–Crippen MR) is 107 cm³/mol. The van der Waals surface area contributed by atoms with E-state index in [2.05, 4.69) is 30.5 Å². The molecule has 1 aromatic carbocycles. The second-order valence-electron chi connectivity index (χ2n) is 6.18. The summed E-state index contributed by atoms with van der Waals surface area (Å²) in [5.41, 5.74) is 10.8. The highest BCUT2D eigenvalue weighted by atomic mass is 35.5. The predicted octanol–water partition coefficient (Wildman–Crippen LogP) is 2.03. The molecule has 0 aliphatic heterocycles. The summed E-state index contributed by atoms with van der Waals surface area (Å²) in [5.74, 6) is 0.0257. The number of halogens is 2. The molecule has 29 heavy (non-hydrogen) atoms. The highest BCUT2D eigenvalue weighted by molar-refractivity contribution is 6.35. The van der Waals surface area contributed by atoms with Crippen LogP contribution in [-0.4, -0.2) is 29.7 Å². The van der Waals surface area contributed by atoms with E-state index in [0.29, 0.717) is 5.82 Å². The number of aromatic nitrogens is 6. The number of nitrogens with two attached hydrogens (primary N) is 2. The zero-order valence-electron chi connectivity index (χ0n) is 15.0. The fourth-order valence-electron chi connectivity index (χ4n) is 2.93. The van der Waals surface area contributed by atoms with Crippen molar-refractivity contribution in [3.05, 3.63) is 57.5 Å². The van der Waals surface area contributed by atoms with Crippen molar-refractivity contribution in [2.24, 2.45) is 0 Å². The lowest BCUT2D eigenvalue weighted by Crippen LogP contribution is -2.28. The first-order valence-corrected chi connectivity index (χ1v) is 8.80. The molecule has 4 rings (SSSR count). The van der Waals surface area contributed by atoms with Gasteiger partial charge in [-0.2, -0.15) is 15.1 Å². The Balaban J connectivity index is 1.91. The lowest BCUT2D eigenvalue weighted by atomic mass is 10.2. The topological polar surface area (TPSA) is 153 Å². The quantitative estimate of drug-likeness (QED) is 0.394. The zero-order chi connectivity index (χ0) is 20.7. The first-order chi connectivity index (χ1) is 13.9. The summed E-state index contributed by atoms with van der Waals surface area (Å²) in [6, 6.07) is 5.13. The molecule has 3 aromatic heterocycles. The molecule has 0 fully saturated rings. The van der Waals surface area contributed by atoms with E-state index in [1.54, 1.807) is 13.0 Å². The minimum absolute atomic E-state index is 0.00246. The van der Waals surface area contributed by atoms with E-state index in [0.717, 1.165) is 0 Å². The molecule has 0 radical (unpaired) electrons. The van der Waals surface area contributed by atoms with Gasteiger partial charge in [0.1, 0.15) is 33.8 Å². The van der Waals surface area contributed by atoms with Gasteiger partial charge in [-0.3, -0.25) is 9.89 Å². The summed E-state index contributed by atoms with van der Waals surface area (Å²) in [6.45, 7) is 1.70. The molecule has 0 spiro atoms. The van der Waals surface area contributed by atoms with Gasteiger partial charge in [0, 0.05) is 6.07 Å². The van der Waals surface area contributed by atoms with Crippen LogP contribution in [0.1, 0.15) is 18.8 Å². The third-order valence-electron chi connectivity index (χ3n) is 4.24. The standard InChI is InChI=1S/C17H15ClFN9O/c1-7(23-14-11(18)13(20)25-17(21)26-14)15-24-12-8(3-2-4-9(12)19)16(29)28(15)10-5-6-22-27-10/h2-7H,1H3,(H,22,27)(H5,20,21,23,25,26). The van der Waals surface area contributed by atoms with E-state index in [-0.39, 0.29) is 39.3 Å². The molecule has 3 heterocycles. The summed E-state index contributed by atoms with van der Waals surface area (Å²) >= 11 is 6.15. The van der Waals surface area contributed by atoms with E-state index in [1.165, 1.54) is 29.0 Å². The number of nitrogen functional groups attached to an aromatic ring is 2. The molecule has 1 atom stereocenters. The van der Waals surface area contributed by atoms with E-state index >= 15 is 0 Å². The first-order valence-electron chi connectivity index (χ1n) is 8.42. The Bertz CT molecular complexity index is 1270. The van der Waals surface area contributed by atoms with Gasteiger partial charge in [-0.15, -0.1) is 0 Å². The van der Waals surface area contributed by atoms with E-state index < -0.39 is 17.4 Å². The summed E-state index contributed by atoms with van der Waals surface area (Å²) in [7, 11) is 0. The van der Waals surface area contributed by atoms with Crippen molar-refractivity contribution < 1.29 is 4.39 Å². The van der Waals surface area contributed by atoms with Gasteiger partial charge < -0.3 is 16.8 Å². The number of hydrogen-bond acceptors (Lipinski definition) is 8. The van der Waals surface area contributed by atoms with Gasteiger partial charge in [0.15, 0.2) is 5.82 Å². The highest BCUT2D eigenvalue weighted by Gasteiger charge is 2.22. The molecule has 0 aliphatic rings. The normalized spacial score (nSPS) is 12.2. The smallest absolute Gasteiger partial charge is 0.267 e. The van der Waals surface area contributed by atoms with Crippen molar-refractivity contribution >= 4 is 40.1 Å². The molecule has 12 heteroatoms. The van der Waals surface area contributed by atoms with Crippen LogP contribution in [-0.2, 0) is 0 Å². The van der Waals surface area contributed by atoms with E-state index in [9.17, 15) is 9.18 Å². The van der Waals surface area contributed by atoms with Crippen molar-refractivity contribution in [2.45, 2.75) is 13.0 Å².